The van der Waals surface area contributed by atoms with Crippen molar-refractivity contribution in [1.29, 1.82) is 0 Å². The second-order valence-electron chi connectivity index (χ2n) is 5.19. The van der Waals surface area contributed by atoms with Crippen LogP contribution < -0.4 is 15.5 Å². The lowest BCUT2D eigenvalue weighted by Gasteiger charge is -2.14. The second kappa shape index (κ2) is 6.37. The number of carbonyl (C=O) groups excluding carboxylic acids is 2. The summed E-state index contributed by atoms with van der Waals surface area (Å²) in [4.78, 5) is 35.6. The first-order valence-corrected chi connectivity index (χ1v) is 7.26. The molecular formula is C16H14N4O4. The number of carbonyl (C=O) groups is 2. The Bertz CT molecular complexity index is 804. The molecule has 1 heterocycles. The molecule has 0 spiro atoms. The van der Waals surface area contributed by atoms with E-state index in [0.29, 0.717) is 30.0 Å². The average Bonchev–Trinajstić information content (AvgIpc) is 3.01. The monoisotopic (exact) mass is 326 g/mol. The van der Waals surface area contributed by atoms with Gasteiger partial charge in [0.05, 0.1) is 4.92 Å². The first-order valence-electron chi connectivity index (χ1n) is 7.26. The first-order chi connectivity index (χ1) is 11.5. The van der Waals surface area contributed by atoms with Crippen LogP contribution in [0.4, 0.5) is 21.9 Å². The van der Waals surface area contributed by atoms with Gasteiger partial charge >= 0.3 is 6.03 Å². The summed E-state index contributed by atoms with van der Waals surface area (Å²) in [5, 5.41) is 16.1. The number of non-ortho nitro benzene ring substituents is 1. The van der Waals surface area contributed by atoms with Crippen LogP contribution in [0.25, 0.3) is 0 Å². The van der Waals surface area contributed by atoms with Gasteiger partial charge in [-0.2, -0.15) is 0 Å². The number of hydrogen-bond donors (Lipinski definition) is 2. The molecule has 8 nitrogen and oxygen atoms in total. The Hall–Kier alpha value is -3.42. The largest absolute Gasteiger partial charge is 0.336 e. The predicted octanol–water partition coefficient (Wildman–Crippen LogP) is 2.38. The van der Waals surface area contributed by atoms with E-state index in [-0.39, 0.29) is 17.6 Å². The Morgan fingerprint density at radius 1 is 1.21 bits per heavy atom. The minimum Gasteiger partial charge on any atom is -0.336 e. The molecule has 1 aliphatic heterocycles. The molecule has 1 saturated heterocycles. The van der Waals surface area contributed by atoms with Crippen molar-refractivity contribution in [2.24, 2.45) is 0 Å². The van der Waals surface area contributed by atoms with Gasteiger partial charge in [-0.3, -0.25) is 19.8 Å². The van der Waals surface area contributed by atoms with Gasteiger partial charge in [-0.25, -0.2) is 4.79 Å². The summed E-state index contributed by atoms with van der Waals surface area (Å²) in [5.74, 6) is -0.382. The number of rotatable bonds is 4. The second-order valence-corrected chi connectivity index (χ2v) is 5.19. The van der Waals surface area contributed by atoms with Crippen LogP contribution in [0.2, 0.25) is 0 Å². The van der Waals surface area contributed by atoms with Crippen LogP contribution in [0.1, 0.15) is 10.4 Å². The highest BCUT2D eigenvalue weighted by Crippen LogP contribution is 2.20. The molecule has 0 unspecified atom stereocenters. The number of nitrogens with zero attached hydrogens (tertiary/aromatic N) is 2. The number of nitro benzene ring substituents is 1. The number of benzene rings is 2. The molecule has 8 heteroatoms. The van der Waals surface area contributed by atoms with Gasteiger partial charge in [0.25, 0.3) is 11.6 Å². The molecule has 3 rings (SSSR count). The third-order valence-corrected chi connectivity index (χ3v) is 3.61. The third kappa shape index (κ3) is 3.17. The van der Waals surface area contributed by atoms with Crippen molar-refractivity contribution in [1.82, 2.24) is 5.32 Å². The third-order valence-electron chi connectivity index (χ3n) is 3.61. The fraction of sp³-hybridized carbons (Fsp3) is 0.125. The van der Waals surface area contributed by atoms with Gasteiger partial charge < -0.3 is 10.6 Å². The van der Waals surface area contributed by atoms with E-state index < -0.39 is 4.92 Å². The van der Waals surface area contributed by atoms with E-state index in [1.807, 2.05) is 0 Å². The maximum Gasteiger partial charge on any atom is 0.321 e. The molecule has 0 atom stereocenters. The molecule has 0 saturated carbocycles. The van der Waals surface area contributed by atoms with Crippen LogP contribution in [0.5, 0.6) is 0 Å². The van der Waals surface area contributed by atoms with Crippen molar-refractivity contribution in [3.63, 3.8) is 0 Å². The van der Waals surface area contributed by atoms with E-state index in [9.17, 15) is 19.7 Å². The van der Waals surface area contributed by atoms with Crippen LogP contribution in [0.15, 0.2) is 48.5 Å². The fourth-order valence-corrected chi connectivity index (χ4v) is 2.41. The van der Waals surface area contributed by atoms with Crippen molar-refractivity contribution in [3.8, 4) is 0 Å². The lowest BCUT2D eigenvalue weighted by atomic mass is 10.1. The molecule has 0 aromatic heterocycles. The summed E-state index contributed by atoms with van der Waals surface area (Å²) in [6.45, 7) is 1.17. The van der Waals surface area contributed by atoms with E-state index in [4.69, 9.17) is 0 Å². The molecular weight excluding hydrogens is 312 g/mol. The zero-order valence-electron chi connectivity index (χ0n) is 12.6. The number of anilines is 2. The highest BCUT2D eigenvalue weighted by Gasteiger charge is 2.21. The Kier molecular flexibility index (Phi) is 4.11. The van der Waals surface area contributed by atoms with Crippen molar-refractivity contribution in [2.75, 3.05) is 23.3 Å². The first kappa shape index (κ1) is 15.5. The van der Waals surface area contributed by atoms with Gasteiger partial charge in [-0.05, 0) is 30.3 Å². The van der Waals surface area contributed by atoms with E-state index in [1.165, 1.54) is 18.2 Å². The molecule has 0 aliphatic carbocycles. The SMILES string of the molecule is O=C(Nc1cccc([N+](=O)[O-])c1)c1ccc(N2CCNC2=O)cc1. The number of urea groups is 1. The number of hydrogen-bond acceptors (Lipinski definition) is 4. The highest BCUT2D eigenvalue weighted by molar-refractivity contribution is 6.05. The number of amides is 3. The van der Waals surface area contributed by atoms with E-state index in [1.54, 1.807) is 35.2 Å². The summed E-state index contributed by atoms with van der Waals surface area (Å²) in [5.41, 5.74) is 1.35. The van der Waals surface area contributed by atoms with Gasteiger partial charge in [0, 0.05) is 42.2 Å². The van der Waals surface area contributed by atoms with Crippen LogP contribution in [-0.4, -0.2) is 30.0 Å². The lowest BCUT2D eigenvalue weighted by Crippen LogP contribution is -2.27. The summed E-state index contributed by atoms with van der Waals surface area (Å²) < 4.78 is 0. The van der Waals surface area contributed by atoms with Crippen LogP contribution >= 0.6 is 0 Å². The normalized spacial score (nSPS) is 13.5. The zero-order chi connectivity index (χ0) is 17.1. The van der Waals surface area contributed by atoms with Gasteiger partial charge in [-0.1, -0.05) is 6.07 Å². The Morgan fingerprint density at radius 3 is 2.58 bits per heavy atom. The lowest BCUT2D eigenvalue weighted by molar-refractivity contribution is -0.384. The van der Waals surface area contributed by atoms with E-state index >= 15 is 0 Å². The zero-order valence-corrected chi connectivity index (χ0v) is 12.6. The van der Waals surface area contributed by atoms with Gasteiger partial charge in [0.1, 0.15) is 0 Å². The maximum atomic E-state index is 12.2. The minimum atomic E-state index is -0.522. The molecule has 1 fully saturated rings. The van der Waals surface area contributed by atoms with Gasteiger partial charge in [0.2, 0.25) is 0 Å². The molecule has 24 heavy (non-hydrogen) atoms. The van der Waals surface area contributed by atoms with Crippen molar-refractivity contribution >= 4 is 29.0 Å². The number of nitro groups is 1. The minimum absolute atomic E-state index is 0.0943. The fourth-order valence-electron chi connectivity index (χ4n) is 2.41. The quantitative estimate of drug-likeness (QED) is 0.664. The Morgan fingerprint density at radius 2 is 1.96 bits per heavy atom. The molecule has 2 aromatic rings. The molecule has 0 radical (unpaired) electrons. The van der Waals surface area contributed by atoms with E-state index in [0.717, 1.165) is 0 Å². The van der Waals surface area contributed by atoms with Crippen molar-refractivity contribution in [3.05, 3.63) is 64.2 Å². The molecule has 3 amide bonds. The molecule has 0 bridgehead atoms. The number of nitrogens with one attached hydrogen (secondary N) is 2. The molecule has 122 valence electrons. The van der Waals surface area contributed by atoms with Gasteiger partial charge in [-0.15, -0.1) is 0 Å². The van der Waals surface area contributed by atoms with Gasteiger partial charge in [0.15, 0.2) is 0 Å². The van der Waals surface area contributed by atoms with Crippen molar-refractivity contribution in [2.45, 2.75) is 0 Å². The van der Waals surface area contributed by atoms with Crippen LogP contribution in [0, 0.1) is 10.1 Å². The average molecular weight is 326 g/mol. The summed E-state index contributed by atoms with van der Waals surface area (Å²) in [6.07, 6.45) is 0. The smallest absolute Gasteiger partial charge is 0.321 e. The summed E-state index contributed by atoms with van der Waals surface area (Å²) >= 11 is 0. The highest BCUT2D eigenvalue weighted by atomic mass is 16.6. The molecule has 2 aromatic carbocycles. The molecule has 1 aliphatic rings. The summed E-state index contributed by atoms with van der Waals surface area (Å²) in [7, 11) is 0. The molecule has 2 N–H and O–H groups in total. The van der Waals surface area contributed by atoms with E-state index in [2.05, 4.69) is 10.6 Å². The van der Waals surface area contributed by atoms with Crippen LogP contribution in [0.3, 0.4) is 0 Å². The maximum absolute atomic E-state index is 12.2. The van der Waals surface area contributed by atoms with Crippen LogP contribution in [-0.2, 0) is 0 Å². The Balaban J connectivity index is 1.72. The van der Waals surface area contributed by atoms with Crippen molar-refractivity contribution < 1.29 is 14.5 Å². The predicted molar refractivity (Wildman–Crippen MR) is 88.2 cm³/mol. The topological polar surface area (TPSA) is 105 Å². The Labute approximate surface area is 137 Å². The standard InChI is InChI=1S/C16H14N4O4/c21-15(18-12-2-1-3-14(10-12)20(23)24)11-4-6-13(7-5-11)19-9-8-17-16(19)22/h1-7,10H,8-9H2,(H,17,22)(H,18,21). The summed E-state index contributed by atoms with van der Waals surface area (Å²) in [6, 6.07) is 12.1.